The maximum Gasteiger partial charge on any atom is 0.0638 e. The maximum atomic E-state index is 5.97. The summed E-state index contributed by atoms with van der Waals surface area (Å²) in [6.45, 7) is 7.29. The average Bonchev–Trinajstić information content (AvgIpc) is 2.74. The smallest absolute Gasteiger partial charge is 0.0638 e. The second-order valence-corrected chi connectivity index (χ2v) is 5.82. The Morgan fingerprint density at radius 3 is 2.74 bits per heavy atom. The first kappa shape index (κ1) is 14.5. The zero-order valence-electron chi connectivity index (χ0n) is 12.6. The van der Waals surface area contributed by atoms with E-state index in [2.05, 4.69) is 30.0 Å². The zero-order valence-corrected chi connectivity index (χ0v) is 12.6. The zero-order chi connectivity index (χ0) is 13.8. The molecule has 4 heteroatoms. The molecule has 1 fully saturated rings. The third-order valence-electron chi connectivity index (χ3n) is 4.54. The van der Waals surface area contributed by atoms with Gasteiger partial charge in [-0.3, -0.25) is 9.58 Å². The van der Waals surface area contributed by atoms with E-state index in [1.807, 2.05) is 11.7 Å². The van der Waals surface area contributed by atoms with Gasteiger partial charge in [0.1, 0.15) is 0 Å². The molecule has 1 aliphatic carbocycles. The summed E-state index contributed by atoms with van der Waals surface area (Å²) in [7, 11) is 2.00. The summed E-state index contributed by atoms with van der Waals surface area (Å²) in [4.78, 5) is 2.60. The van der Waals surface area contributed by atoms with E-state index in [-0.39, 0.29) is 0 Å². The SMILES string of the molecule is CCN(Cc1cn(C)nc1C)C1CCCCC1CN. The van der Waals surface area contributed by atoms with Crippen molar-refractivity contribution in [2.75, 3.05) is 13.1 Å². The molecule has 2 unspecified atom stereocenters. The van der Waals surface area contributed by atoms with Crippen LogP contribution in [0.4, 0.5) is 0 Å². The predicted octanol–water partition coefficient (Wildman–Crippen LogP) is 2.07. The molecule has 0 amide bonds. The molecule has 0 aromatic carbocycles. The highest BCUT2D eigenvalue weighted by Crippen LogP contribution is 2.29. The van der Waals surface area contributed by atoms with E-state index in [1.165, 1.54) is 31.2 Å². The van der Waals surface area contributed by atoms with Crippen LogP contribution in [0.3, 0.4) is 0 Å². The first-order valence-corrected chi connectivity index (χ1v) is 7.59. The van der Waals surface area contributed by atoms with Crippen molar-refractivity contribution in [3.05, 3.63) is 17.5 Å². The Labute approximate surface area is 117 Å². The summed E-state index contributed by atoms with van der Waals surface area (Å²) < 4.78 is 1.92. The van der Waals surface area contributed by atoms with Crippen LogP contribution in [-0.2, 0) is 13.6 Å². The minimum Gasteiger partial charge on any atom is -0.330 e. The Morgan fingerprint density at radius 2 is 2.16 bits per heavy atom. The quantitative estimate of drug-likeness (QED) is 0.885. The van der Waals surface area contributed by atoms with Crippen LogP contribution >= 0.6 is 0 Å². The molecule has 0 bridgehead atoms. The summed E-state index contributed by atoms with van der Waals surface area (Å²) in [5, 5.41) is 4.45. The highest BCUT2D eigenvalue weighted by Gasteiger charge is 2.28. The molecule has 108 valence electrons. The number of aromatic nitrogens is 2. The Hall–Kier alpha value is -0.870. The van der Waals surface area contributed by atoms with Crippen molar-refractivity contribution in [1.29, 1.82) is 0 Å². The van der Waals surface area contributed by atoms with Gasteiger partial charge < -0.3 is 5.73 Å². The van der Waals surface area contributed by atoms with Crippen molar-refractivity contribution in [3.63, 3.8) is 0 Å². The van der Waals surface area contributed by atoms with E-state index in [0.717, 1.165) is 25.3 Å². The molecule has 1 aromatic heterocycles. The highest BCUT2D eigenvalue weighted by molar-refractivity contribution is 5.15. The largest absolute Gasteiger partial charge is 0.330 e. The lowest BCUT2D eigenvalue weighted by molar-refractivity contribution is 0.105. The van der Waals surface area contributed by atoms with Gasteiger partial charge >= 0.3 is 0 Å². The number of rotatable bonds is 5. The van der Waals surface area contributed by atoms with Gasteiger partial charge in [0.15, 0.2) is 0 Å². The van der Waals surface area contributed by atoms with Crippen LogP contribution in [0.25, 0.3) is 0 Å². The number of hydrogen-bond donors (Lipinski definition) is 1. The molecule has 0 radical (unpaired) electrons. The van der Waals surface area contributed by atoms with Gasteiger partial charge in [-0.2, -0.15) is 5.10 Å². The van der Waals surface area contributed by atoms with Gasteiger partial charge in [-0.05, 0) is 38.8 Å². The van der Waals surface area contributed by atoms with Crippen molar-refractivity contribution in [2.45, 2.75) is 52.1 Å². The minimum absolute atomic E-state index is 0.656. The standard InChI is InChI=1S/C15H28N4/c1-4-19(11-14-10-18(3)17-12(14)2)15-8-6-5-7-13(15)9-16/h10,13,15H,4-9,11,16H2,1-3H3. The summed E-state index contributed by atoms with van der Waals surface area (Å²) in [5.41, 5.74) is 8.48. The Balaban J connectivity index is 2.08. The van der Waals surface area contributed by atoms with E-state index < -0.39 is 0 Å². The molecule has 2 atom stereocenters. The Bertz CT molecular complexity index is 399. The van der Waals surface area contributed by atoms with Crippen LogP contribution in [0.5, 0.6) is 0 Å². The van der Waals surface area contributed by atoms with E-state index in [0.29, 0.717) is 12.0 Å². The van der Waals surface area contributed by atoms with E-state index >= 15 is 0 Å². The predicted molar refractivity (Wildman–Crippen MR) is 78.8 cm³/mol. The molecule has 0 spiro atoms. The normalized spacial score (nSPS) is 24.1. The first-order valence-electron chi connectivity index (χ1n) is 7.59. The molecule has 4 nitrogen and oxygen atoms in total. The second kappa shape index (κ2) is 6.53. The van der Waals surface area contributed by atoms with E-state index in [9.17, 15) is 0 Å². The number of nitrogens with zero attached hydrogens (tertiary/aromatic N) is 3. The number of nitrogens with two attached hydrogens (primary N) is 1. The molecule has 19 heavy (non-hydrogen) atoms. The molecule has 1 heterocycles. The average molecular weight is 264 g/mol. The van der Waals surface area contributed by atoms with Crippen molar-refractivity contribution in [2.24, 2.45) is 18.7 Å². The monoisotopic (exact) mass is 264 g/mol. The van der Waals surface area contributed by atoms with E-state index in [4.69, 9.17) is 5.73 Å². The third kappa shape index (κ3) is 3.37. The number of hydrogen-bond acceptors (Lipinski definition) is 3. The fraction of sp³-hybridized carbons (Fsp3) is 0.800. The van der Waals surface area contributed by atoms with Gasteiger partial charge in [-0.25, -0.2) is 0 Å². The van der Waals surface area contributed by atoms with Crippen LogP contribution in [0.2, 0.25) is 0 Å². The third-order valence-corrected chi connectivity index (χ3v) is 4.54. The van der Waals surface area contributed by atoms with Crippen LogP contribution in [0.1, 0.15) is 43.9 Å². The Kier molecular flexibility index (Phi) is 4.99. The second-order valence-electron chi connectivity index (χ2n) is 5.82. The maximum absolute atomic E-state index is 5.97. The van der Waals surface area contributed by atoms with E-state index in [1.54, 1.807) is 0 Å². The summed E-state index contributed by atoms with van der Waals surface area (Å²) in [5.74, 6) is 0.672. The van der Waals surface area contributed by atoms with Crippen LogP contribution in [0.15, 0.2) is 6.20 Å². The van der Waals surface area contributed by atoms with Gasteiger partial charge in [-0.1, -0.05) is 19.8 Å². The minimum atomic E-state index is 0.656. The molecular weight excluding hydrogens is 236 g/mol. The first-order chi connectivity index (χ1) is 9.15. The fourth-order valence-electron chi connectivity index (χ4n) is 3.43. The summed E-state index contributed by atoms with van der Waals surface area (Å²) in [6, 6.07) is 0.656. The molecule has 1 aliphatic rings. The van der Waals surface area contributed by atoms with Crippen molar-refractivity contribution in [3.8, 4) is 0 Å². The van der Waals surface area contributed by atoms with Gasteiger partial charge in [0.2, 0.25) is 0 Å². The van der Waals surface area contributed by atoms with Gasteiger partial charge in [0.25, 0.3) is 0 Å². The lowest BCUT2D eigenvalue weighted by atomic mass is 9.83. The lowest BCUT2D eigenvalue weighted by Gasteiger charge is -2.39. The van der Waals surface area contributed by atoms with Crippen LogP contribution < -0.4 is 5.73 Å². The summed E-state index contributed by atoms with van der Waals surface area (Å²) in [6.07, 6.45) is 7.45. The Morgan fingerprint density at radius 1 is 1.42 bits per heavy atom. The van der Waals surface area contributed by atoms with Gasteiger partial charge in [0.05, 0.1) is 5.69 Å². The molecular formula is C15H28N4. The summed E-state index contributed by atoms with van der Waals surface area (Å²) >= 11 is 0. The molecule has 2 N–H and O–H groups in total. The topological polar surface area (TPSA) is 47.1 Å². The lowest BCUT2D eigenvalue weighted by Crippen LogP contribution is -2.44. The molecule has 0 saturated heterocycles. The van der Waals surface area contributed by atoms with Crippen molar-refractivity contribution < 1.29 is 0 Å². The van der Waals surface area contributed by atoms with Crippen LogP contribution in [0, 0.1) is 12.8 Å². The molecule has 1 saturated carbocycles. The van der Waals surface area contributed by atoms with Crippen molar-refractivity contribution in [1.82, 2.24) is 14.7 Å². The van der Waals surface area contributed by atoms with Gasteiger partial charge in [0, 0.05) is 31.4 Å². The fourth-order valence-corrected chi connectivity index (χ4v) is 3.43. The van der Waals surface area contributed by atoms with Crippen molar-refractivity contribution >= 4 is 0 Å². The molecule has 1 aromatic rings. The van der Waals surface area contributed by atoms with Gasteiger partial charge in [-0.15, -0.1) is 0 Å². The molecule has 0 aliphatic heterocycles. The molecule has 2 rings (SSSR count). The highest BCUT2D eigenvalue weighted by atomic mass is 15.3. The van der Waals surface area contributed by atoms with Crippen LogP contribution in [-0.4, -0.2) is 33.8 Å². The number of aryl methyl sites for hydroxylation is 2.